The van der Waals surface area contributed by atoms with Crippen molar-refractivity contribution < 1.29 is 17.9 Å². The van der Waals surface area contributed by atoms with Gasteiger partial charge >= 0.3 is 0 Å². The summed E-state index contributed by atoms with van der Waals surface area (Å²) in [7, 11) is -1.59. The molecule has 2 aliphatic rings. The van der Waals surface area contributed by atoms with Crippen LogP contribution in [0, 0.1) is 0 Å². The van der Waals surface area contributed by atoms with Crippen molar-refractivity contribution in [3.8, 4) is 0 Å². The average Bonchev–Trinajstić information content (AvgIpc) is 2.84. The van der Waals surface area contributed by atoms with Crippen molar-refractivity contribution in [1.82, 2.24) is 19.1 Å². The summed E-state index contributed by atoms with van der Waals surface area (Å²) in [4.78, 5) is 21.8. The lowest BCUT2D eigenvalue weighted by Gasteiger charge is -2.31. The average molecular weight is 477 g/mol. The molecule has 32 heavy (non-hydrogen) atoms. The number of rotatable bonds is 6. The van der Waals surface area contributed by atoms with Crippen LogP contribution in [0.4, 0.5) is 0 Å². The van der Waals surface area contributed by atoms with Crippen LogP contribution in [0.3, 0.4) is 0 Å². The summed E-state index contributed by atoms with van der Waals surface area (Å²) in [6.45, 7) is 4.58. The molecule has 0 radical (unpaired) electrons. The van der Waals surface area contributed by atoms with Gasteiger partial charge in [-0.3, -0.25) is 4.79 Å². The highest BCUT2D eigenvalue weighted by molar-refractivity contribution is 8.00. The number of morpholine rings is 1. The Bertz CT molecular complexity index is 1000. The number of amides is 1. The molecule has 0 N–H and O–H groups in total. The van der Waals surface area contributed by atoms with E-state index in [1.807, 2.05) is 42.3 Å². The number of carbonyl (C=O) groups is 1. The molecule has 4 rings (SSSR count). The number of ether oxygens (including phenoxy) is 1. The third kappa shape index (κ3) is 5.32. The van der Waals surface area contributed by atoms with Crippen molar-refractivity contribution in [3.05, 3.63) is 54.2 Å². The van der Waals surface area contributed by atoms with Crippen LogP contribution in [0.2, 0.25) is 0 Å². The quantitative estimate of drug-likeness (QED) is 0.587. The fourth-order valence-electron chi connectivity index (χ4n) is 3.73. The van der Waals surface area contributed by atoms with E-state index in [0.29, 0.717) is 57.5 Å². The first-order valence-corrected chi connectivity index (χ1v) is 13.0. The molecule has 2 aliphatic heterocycles. The summed E-state index contributed by atoms with van der Waals surface area (Å²) in [5, 5.41) is 0.152. The van der Waals surface area contributed by atoms with Crippen LogP contribution in [0.15, 0.2) is 58.6 Å². The molecule has 0 aliphatic carbocycles. The van der Waals surface area contributed by atoms with Crippen LogP contribution < -0.4 is 0 Å². The number of aromatic nitrogens is 1. The van der Waals surface area contributed by atoms with Crippen molar-refractivity contribution in [2.75, 3.05) is 59.5 Å². The van der Waals surface area contributed by atoms with Gasteiger partial charge in [0.1, 0.15) is 10.1 Å². The molecule has 1 aromatic heterocycles. The lowest BCUT2D eigenvalue weighted by atomic mass is 10.1. The Morgan fingerprint density at radius 1 is 1.00 bits per heavy atom. The number of sulfonamides is 1. The van der Waals surface area contributed by atoms with Gasteiger partial charge in [-0.2, -0.15) is 4.31 Å². The maximum Gasteiger partial charge on any atom is 0.244 e. The van der Waals surface area contributed by atoms with Crippen molar-refractivity contribution in [2.24, 2.45) is 0 Å². The number of hydrogen-bond acceptors (Lipinski definition) is 7. The summed E-state index contributed by atoms with van der Waals surface area (Å²) in [6.07, 6.45) is 1.40. The first-order valence-electron chi connectivity index (χ1n) is 10.7. The third-order valence-electron chi connectivity index (χ3n) is 5.70. The minimum absolute atomic E-state index is 0.0143. The molecular weight excluding hydrogens is 448 g/mol. The van der Waals surface area contributed by atoms with E-state index in [2.05, 4.69) is 9.88 Å². The second-order valence-electron chi connectivity index (χ2n) is 7.89. The molecule has 0 unspecified atom stereocenters. The maximum absolute atomic E-state index is 13.3. The first-order chi connectivity index (χ1) is 15.4. The standard InChI is InChI=1S/C22H28N4O4S2/c1-24-9-11-26(12-10-24)32(28,29)19-7-8-20(23-17-19)31-21(18-5-3-2-4-6-18)22(27)25-13-15-30-16-14-25/h2-8,17,21H,9-16H2,1H3/t21-/m0/s1. The van der Waals surface area contributed by atoms with Crippen LogP contribution in [-0.2, 0) is 19.6 Å². The van der Waals surface area contributed by atoms with E-state index in [1.54, 1.807) is 12.1 Å². The molecule has 8 nitrogen and oxygen atoms in total. The molecule has 1 aromatic carbocycles. The highest BCUT2D eigenvalue weighted by atomic mass is 32.2. The number of pyridine rings is 1. The Kier molecular flexibility index (Phi) is 7.47. The third-order valence-corrected chi connectivity index (χ3v) is 8.77. The van der Waals surface area contributed by atoms with Crippen molar-refractivity contribution in [1.29, 1.82) is 0 Å². The van der Waals surface area contributed by atoms with Gasteiger partial charge in [0.25, 0.3) is 0 Å². The smallest absolute Gasteiger partial charge is 0.244 e. The van der Waals surface area contributed by atoms with Gasteiger partial charge in [0.05, 0.1) is 18.2 Å². The van der Waals surface area contributed by atoms with Crippen LogP contribution in [0.25, 0.3) is 0 Å². The topological polar surface area (TPSA) is 83.1 Å². The lowest BCUT2D eigenvalue weighted by Crippen LogP contribution is -2.47. The Hall–Kier alpha value is -1.98. The summed E-state index contributed by atoms with van der Waals surface area (Å²) in [5.74, 6) is 0.0143. The predicted molar refractivity (Wildman–Crippen MR) is 123 cm³/mol. The normalized spacial score (nSPS) is 19.6. The molecule has 0 spiro atoms. The van der Waals surface area contributed by atoms with Crippen LogP contribution in [0.5, 0.6) is 0 Å². The molecule has 3 heterocycles. The Morgan fingerprint density at radius 2 is 1.69 bits per heavy atom. The molecule has 0 bridgehead atoms. The monoisotopic (exact) mass is 476 g/mol. The zero-order chi connectivity index (χ0) is 22.6. The van der Waals surface area contributed by atoms with Gasteiger partial charge < -0.3 is 14.5 Å². The molecule has 0 saturated carbocycles. The van der Waals surface area contributed by atoms with Gasteiger partial charge in [-0.15, -0.1) is 0 Å². The van der Waals surface area contributed by atoms with E-state index < -0.39 is 15.3 Å². The van der Waals surface area contributed by atoms with E-state index >= 15 is 0 Å². The summed E-state index contributed by atoms with van der Waals surface area (Å²) >= 11 is 1.34. The Morgan fingerprint density at radius 3 is 2.31 bits per heavy atom. The van der Waals surface area contributed by atoms with Crippen molar-refractivity contribution in [3.63, 3.8) is 0 Å². The Balaban J connectivity index is 1.52. The zero-order valence-corrected chi connectivity index (χ0v) is 19.7. The molecule has 1 amide bonds. The number of thioether (sulfide) groups is 1. The van der Waals surface area contributed by atoms with Crippen LogP contribution in [-0.4, -0.2) is 92.9 Å². The van der Waals surface area contributed by atoms with Crippen LogP contribution in [0.1, 0.15) is 10.8 Å². The van der Waals surface area contributed by atoms with Crippen molar-refractivity contribution in [2.45, 2.75) is 15.2 Å². The minimum atomic E-state index is -3.57. The van der Waals surface area contributed by atoms with E-state index in [-0.39, 0.29) is 10.8 Å². The molecule has 10 heteroatoms. The van der Waals surface area contributed by atoms with Gasteiger partial charge in [0.15, 0.2) is 0 Å². The van der Waals surface area contributed by atoms with E-state index in [4.69, 9.17) is 4.74 Å². The van der Waals surface area contributed by atoms with Crippen LogP contribution >= 0.6 is 11.8 Å². The Labute approximate surface area is 193 Å². The number of likely N-dealkylation sites (N-methyl/N-ethyl adjacent to an activating group) is 1. The number of benzene rings is 1. The summed E-state index contributed by atoms with van der Waals surface area (Å²) < 4.78 is 32.8. The molecule has 1 atom stereocenters. The second-order valence-corrected chi connectivity index (χ2v) is 10.9. The molecule has 2 saturated heterocycles. The van der Waals surface area contributed by atoms with Gasteiger partial charge in [0.2, 0.25) is 15.9 Å². The molecule has 172 valence electrons. The predicted octanol–water partition coefficient (Wildman–Crippen LogP) is 1.71. The lowest BCUT2D eigenvalue weighted by molar-refractivity contribution is -0.134. The molecule has 2 aromatic rings. The highest BCUT2D eigenvalue weighted by Crippen LogP contribution is 2.36. The number of carbonyl (C=O) groups excluding carboxylic acids is 1. The maximum atomic E-state index is 13.3. The van der Waals surface area contributed by atoms with Gasteiger partial charge in [-0.1, -0.05) is 42.1 Å². The van der Waals surface area contributed by atoms with Gasteiger partial charge in [-0.05, 0) is 24.7 Å². The molecule has 2 fully saturated rings. The van der Waals surface area contributed by atoms with Gasteiger partial charge in [-0.25, -0.2) is 13.4 Å². The van der Waals surface area contributed by atoms with Gasteiger partial charge in [0, 0.05) is 45.5 Å². The van der Waals surface area contributed by atoms with E-state index in [0.717, 1.165) is 5.56 Å². The van der Waals surface area contributed by atoms with E-state index in [1.165, 1.54) is 22.3 Å². The van der Waals surface area contributed by atoms with Crippen molar-refractivity contribution >= 4 is 27.7 Å². The first kappa shape index (κ1) is 23.2. The fourth-order valence-corrected chi connectivity index (χ4v) is 6.14. The highest BCUT2D eigenvalue weighted by Gasteiger charge is 2.30. The SMILES string of the molecule is CN1CCN(S(=O)(=O)c2ccc(S[C@H](C(=O)N3CCOCC3)c3ccccc3)nc2)CC1. The fraction of sp³-hybridized carbons (Fsp3) is 0.455. The summed E-state index contributed by atoms with van der Waals surface area (Å²) in [5.41, 5.74) is 0.893. The number of piperazine rings is 1. The number of hydrogen-bond donors (Lipinski definition) is 0. The largest absolute Gasteiger partial charge is 0.378 e. The van der Waals surface area contributed by atoms with E-state index in [9.17, 15) is 13.2 Å². The minimum Gasteiger partial charge on any atom is -0.378 e. The second kappa shape index (κ2) is 10.3. The summed E-state index contributed by atoms with van der Waals surface area (Å²) in [6, 6.07) is 12.9. The number of nitrogens with zero attached hydrogens (tertiary/aromatic N) is 4. The zero-order valence-electron chi connectivity index (χ0n) is 18.1. The molecular formula is C22H28N4O4S2.